The molecule has 0 fully saturated rings. The number of halogens is 1. The Hall–Kier alpha value is -1.13. The Morgan fingerprint density at radius 1 is 0.792 bits per heavy atom. The van der Waals surface area contributed by atoms with E-state index in [0.717, 1.165) is 25.3 Å². The summed E-state index contributed by atoms with van der Waals surface area (Å²) in [5.74, 6) is 0. The van der Waals surface area contributed by atoms with Crippen molar-refractivity contribution >= 4 is 37.5 Å². The van der Waals surface area contributed by atoms with E-state index in [1.165, 1.54) is 5.56 Å². The molecule has 24 heavy (non-hydrogen) atoms. The molecule has 1 unspecified atom stereocenters. The van der Waals surface area contributed by atoms with E-state index in [1.54, 1.807) is 0 Å². The predicted octanol–water partition coefficient (Wildman–Crippen LogP) is 4.85. The van der Waals surface area contributed by atoms with Gasteiger partial charge in [0.15, 0.2) is 0 Å². The van der Waals surface area contributed by atoms with E-state index >= 15 is 0 Å². The van der Waals surface area contributed by atoms with Gasteiger partial charge in [-0.2, -0.15) is 0 Å². The van der Waals surface area contributed by atoms with Gasteiger partial charge in [-0.05, 0) is 0 Å². The van der Waals surface area contributed by atoms with Crippen LogP contribution in [0.15, 0.2) is 84.9 Å². The molecule has 0 aliphatic carbocycles. The fourth-order valence-electron chi connectivity index (χ4n) is 2.72. The standard InChI is InChI=1S/C21H19IOSe/c22-20-14-8-7-13-19(20)21(23,18-11-5-2-6-12-18)16-24-15-17-9-3-1-4-10-17/h1-14,23H,15-16H2. The molecule has 0 aliphatic rings. The first-order valence-corrected chi connectivity index (χ1v) is 11.3. The third kappa shape index (κ3) is 4.09. The fraction of sp³-hybridized carbons (Fsp3) is 0.143. The van der Waals surface area contributed by atoms with E-state index in [4.69, 9.17) is 0 Å². The summed E-state index contributed by atoms with van der Waals surface area (Å²) in [5, 5.41) is 13.4. The Labute approximate surface area is 163 Å². The van der Waals surface area contributed by atoms with E-state index in [-0.39, 0.29) is 0 Å². The van der Waals surface area contributed by atoms with Crippen LogP contribution in [0.25, 0.3) is 0 Å². The zero-order valence-corrected chi connectivity index (χ0v) is 17.1. The number of aliphatic hydroxyl groups is 1. The van der Waals surface area contributed by atoms with E-state index in [2.05, 4.69) is 52.9 Å². The maximum atomic E-state index is 11.6. The molecule has 0 heterocycles. The van der Waals surface area contributed by atoms with Crippen molar-refractivity contribution in [1.82, 2.24) is 0 Å². The zero-order valence-electron chi connectivity index (χ0n) is 13.2. The molecule has 1 nitrogen and oxygen atoms in total. The van der Waals surface area contributed by atoms with E-state index < -0.39 is 5.60 Å². The molecule has 0 amide bonds. The molecule has 0 bridgehead atoms. The second-order valence-corrected chi connectivity index (χ2v) is 8.91. The van der Waals surface area contributed by atoms with Crippen LogP contribution >= 0.6 is 22.6 Å². The molecule has 0 saturated heterocycles. The molecule has 0 aliphatic heterocycles. The van der Waals surface area contributed by atoms with Crippen molar-refractivity contribution in [1.29, 1.82) is 0 Å². The molecule has 0 aromatic heterocycles. The first-order valence-electron chi connectivity index (χ1n) is 7.85. The first-order chi connectivity index (χ1) is 11.7. The second-order valence-electron chi connectivity index (χ2n) is 5.68. The summed E-state index contributed by atoms with van der Waals surface area (Å²) in [6, 6.07) is 28.7. The molecule has 3 aromatic carbocycles. The average Bonchev–Trinajstić information content (AvgIpc) is 2.63. The third-order valence-electron chi connectivity index (χ3n) is 3.99. The molecule has 3 aromatic rings. The fourth-order valence-corrected chi connectivity index (χ4v) is 5.96. The van der Waals surface area contributed by atoms with Crippen molar-refractivity contribution in [2.75, 3.05) is 0 Å². The van der Waals surface area contributed by atoms with Crippen molar-refractivity contribution in [3.05, 3.63) is 105 Å². The minimum absolute atomic E-state index is 0.310. The van der Waals surface area contributed by atoms with E-state index in [1.807, 2.05) is 54.6 Å². The van der Waals surface area contributed by atoms with Crippen molar-refractivity contribution in [3.8, 4) is 0 Å². The van der Waals surface area contributed by atoms with Crippen LogP contribution < -0.4 is 0 Å². The van der Waals surface area contributed by atoms with Gasteiger partial charge < -0.3 is 0 Å². The van der Waals surface area contributed by atoms with E-state index in [9.17, 15) is 5.11 Å². The monoisotopic (exact) mass is 494 g/mol. The van der Waals surface area contributed by atoms with Crippen LogP contribution in [0.5, 0.6) is 0 Å². The van der Waals surface area contributed by atoms with Crippen molar-refractivity contribution in [2.45, 2.75) is 16.2 Å². The number of hydrogen-bond donors (Lipinski definition) is 1. The Morgan fingerprint density at radius 2 is 1.38 bits per heavy atom. The topological polar surface area (TPSA) is 20.2 Å². The Balaban J connectivity index is 1.87. The quantitative estimate of drug-likeness (QED) is 0.385. The predicted molar refractivity (Wildman–Crippen MR) is 109 cm³/mol. The van der Waals surface area contributed by atoms with Gasteiger partial charge >= 0.3 is 164 Å². The molecule has 1 N–H and O–H groups in total. The van der Waals surface area contributed by atoms with Gasteiger partial charge in [-0.15, -0.1) is 0 Å². The molecule has 1 atom stereocenters. The molecule has 3 rings (SSSR count). The van der Waals surface area contributed by atoms with Gasteiger partial charge in [-0.3, -0.25) is 0 Å². The molecular formula is C21H19IOSe. The van der Waals surface area contributed by atoms with Crippen molar-refractivity contribution in [3.63, 3.8) is 0 Å². The minimum atomic E-state index is -0.923. The summed E-state index contributed by atoms with van der Waals surface area (Å²) >= 11 is 2.63. The molecule has 3 heteroatoms. The summed E-state index contributed by atoms with van der Waals surface area (Å²) in [4.78, 5) is 0. The summed E-state index contributed by atoms with van der Waals surface area (Å²) < 4.78 is 1.11. The normalized spacial score (nSPS) is 13.4. The van der Waals surface area contributed by atoms with Crippen LogP contribution in [-0.2, 0) is 10.9 Å². The van der Waals surface area contributed by atoms with E-state index in [0.29, 0.717) is 15.0 Å². The summed E-state index contributed by atoms with van der Waals surface area (Å²) in [5.41, 5.74) is 2.40. The number of rotatable bonds is 6. The van der Waals surface area contributed by atoms with Gasteiger partial charge in [0.2, 0.25) is 0 Å². The zero-order chi connectivity index (χ0) is 16.8. The van der Waals surface area contributed by atoms with Gasteiger partial charge in [0.25, 0.3) is 0 Å². The SMILES string of the molecule is OC(C[Se]Cc1ccccc1)(c1ccccc1)c1ccccc1I. The Morgan fingerprint density at radius 3 is 2.04 bits per heavy atom. The number of hydrogen-bond acceptors (Lipinski definition) is 1. The maximum absolute atomic E-state index is 11.6. The van der Waals surface area contributed by atoms with Gasteiger partial charge in [0.05, 0.1) is 0 Å². The van der Waals surface area contributed by atoms with Crippen molar-refractivity contribution < 1.29 is 5.11 Å². The van der Waals surface area contributed by atoms with Crippen LogP contribution in [0.1, 0.15) is 16.7 Å². The summed E-state index contributed by atoms with van der Waals surface area (Å²) in [6.45, 7) is 0. The molecule has 0 saturated carbocycles. The number of benzene rings is 3. The van der Waals surface area contributed by atoms with Crippen LogP contribution in [-0.4, -0.2) is 20.1 Å². The van der Waals surface area contributed by atoms with Gasteiger partial charge in [0, 0.05) is 0 Å². The van der Waals surface area contributed by atoms with Crippen LogP contribution in [0, 0.1) is 3.57 Å². The average molecular weight is 493 g/mol. The molecule has 0 spiro atoms. The van der Waals surface area contributed by atoms with Gasteiger partial charge in [-0.1, -0.05) is 0 Å². The molecule has 0 radical (unpaired) electrons. The summed E-state index contributed by atoms with van der Waals surface area (Å²) in [7, 11) is 0. The van der Waals surface area contributed by atoms with Crippen molar-refractivity contribution in [2.24, 2.45) is 0 Å². The molecular weight excluding hydrogens is 474 g/mol. The third-order valence-corrected chi connectivity index (χ3v) is 7.37. The van der Waals surface area contributed by atoms with Crippen LogP contribution in [0.3, 0.4) is 0 Å². The Kier molecular flexibility index (Phi) is 6.12. The van der Waals surface area contributed by atoms with Gasteiger partial charge in [0.1, 0.15) is 0 Å². The van der Waals surface area contributed by atoms with Gasteiger partial charge in [-0.25, -0.2) is 0 Å². The molecule has 122 valence electrons. The van der Waals surface area contributed by atoms with Crippen LogP contribution in [0.4, 0.5) is 0 Å². The van der Waals surface area contributed by atoms with Crippen LogP contribution in [0.2, 0.25) is 5.32 Å². The Bertz CT molecular complexity index is 776. The first kappa shape index (κ1) is 17.7. The summed E-state index contributed by atoms with van der Waals surface area (Å²) in [6.07, 6.45) is 0. The second kappa shape index (κ2) is 8.30.